The topological polar surface area (TPSA) is 82.0 Å². The number of rotatable bonds is 2. The predicted octanol–water partition coefficient (Wildman–Crippen LogP) is 0.0135. The van der Waals surface area contributed by atoms with Gasteiger partial charge in [0.2, 0.25) is 0 Å². The molecular weight excluding hydrogens is 158 g/mol. The number of hydrogen-bond donors (Lipinski definition) is 2. The summed E-state index contributed by atoms with van der Waals surface area (Å²) >= 11 is 0. The van der Waals surface area contributed by atoms with Crippen molar-refractivity contribution >= 4 is 11.9 Å². The minimum absolute atomic E-state index is 0.232. The molecule has 2 N–H and O–H groups in total. The Balaban J connectivity index is 2.53. The van der Waals surface area contributed by atoms with Crippen molar-refractivity contribution in [1.82, 2.24) is 10.6 Å². The number of carbonyl (C=O) groups excluding carboxylic acids is 2. The van der Waals surface area contributed by atoms with Crippen LogP contribution in [0.5, 0.6) is 0 Å². The molecule has 1 aliphatic rings. The van der Waals surface area contributed by atoms with Gasteiger partial charge in [0.05, 0.1) is 6.07 Å². The Labute approximate surface area is 69.0 Å². The number of unbranched alkanes of at least 4 members (excludes halogenated alkanes) is 1. The maximum atomic E-state index is 10.8. The molecule has 3 amide bonds. The summed E-state index contributed by atoms with van der Waals surface area (Å²) in [6.45, 7) is 0. The summed E-state index contributed by atoms with van der Waals surface area (Å²) in [5.74, 6) is -0.432. The molecule has 1 saturated heterocycles. The van der Waals surface area contributed by atoms with Crippen LogP contribution in [0.1, 0.15) is 12.8 Å². The highest BCUT2D eigenvalue weighted by atomic mass is 16.2. The van der Waals surface area contributed by atoms with Gasteiger partial charge in [-0.3, -0.25) is 10.1 Å². The normalized spacial score (nSPS) is 18.8. The van der Waals surface area contributed by atoms with Crippen molar-refractivity contribution in [3.63, 3.8) is 0 Å². The lowest BCUT2D eigenvalue weighted by Crippen LogP contribution is -2.22. The molecule has 0 unspecified atom stereocenters. The van der Waals surface area contributed by atoms with E-state index >= 15 is 0 Å². The third-order valence-electron chi connectivity index (χ3n) is 1.32. The first-order valence-electron chi connectivity index (χ1n) is 3.43. The highest BCUT2D eigenvalue weighted by Crippen LogP contribution is 2.00. The molecular formula is C7H7N3O2. The van der Waals surface area contributed by atoms with Crippen LogP contribution in [0.25, 0.3) is 0 Å². The number of allylic oxidation sites excluding steroid dienone is 1. The van der Waals surface area contributed by atoms with Crippen LogP contribution >= 0.6 is 0 Å². The molecule has 5 nitrogen and oxygen atoms in total. The monoisotopic (exact) mass is 165 g/mol. The molecule has 0 aliphatic carbocycles. The summed E-state index contributed by atoms with van der Waals surface area (Å²) in [5, 5.41) is 12.6. The largest absolute Gasteiger partial charge is 0.326 e. The smallest absolute Gasteiger partial charge is 0.303 e. The Morgan fingerprint density at radius 2 is 2.17 bits per heavy atom. The fraction of sp³-hybridized carbons (Fsp3) is 0.286. The first-order valence-corrected chi connectivity index (χ1v) is 3.43. The van der Waals surface area contributed by atoms with Gasteiger partial charge in [0.25, 0.3) is 5.91 Å². The Bertz CT molecular complexity index is 288. The second kappa shape index (κ2) is 3.53. The molecule has 62 valence electrons. The number of urea groups is 1. The van der Waals surface area contributed by atoms with Crippen molar-refractivity contribution in [3.8, 4) is 6.07 Å². The fourth-order valence-electron chi connectivity index (χ4n) is 0.806. The minimum Gasteiger partial charge on any atom is -0.303 e. The molecule has 0 atom stereocenters. The summed E-state index contributed by atoms with van der Waals surface area (Å²) in [6, 6.07) is 1.42. The van der Waals surface area contributed by atoms with Crippen LogP contribution in [0.15, 0.2) is 11.8 Å². The zero-order valence-electron chi connectivity index (χ0n) is 6.26. The summed E-state index contributed by atoms with van der Waals surface area (Å²) in [4.78, 5) is 21.4. The molecule has 0 aromatic heterocycles. The SMILES string of the molecule is N#CCC/C=C1/NC(=O)NC1=O. The maximum absolute atomic E-state index is 10.8. The number of nitriles is 1. The van der Waals surface area contributed by atoms with Crippen molar-refractivity contribution in [1.29, 1.82) is 5.26 Å². The summed E-state index contributed by atoms with van der Waals surface area (Å²) < 4.78 is 0. The van der Waals surface area contributed by atoms with Crippen LogP contribution in [0.2, 0.25) is 0 Å². The van der Waals surface area contributed by atoms with Gasteiger partial charge < -0.3 is 5.32 Å². The van der Waals surface area contributed by atoms with Crippen LogP contribution < -0.4 is 10.6 Å². The molecule has 0 aromatic rings. The van der Waals surface area contributed by atoms with Gasteiger partial charge in [0.1, 0.15) is 5.70 Å². The Morgan fingerprint density at radius 1 is 1.42 bits per heavy atom. The average Bonchev–Trinajstić information content (AvgIpc) is 2.31. The molecule has 1 aliphatic heterocycles. The molecule has 0 radical (unpaired) electrons. The molecule has 12 heavy (non-hydrogen) atoms. The number of hydrogen-bond acceptors (Lipinski definition) is 3. The molecule has 1 rings (SSSR count). The number of nitrogens with one attached hydrogen (secondary N) is 2. The van der Waals surface area contributed by atoms with E-state index < -0.39 is 11.9 Å². The Hall–Kier alpha value is -1.83. The number of amides is 3. The van der Waals surface area contributed by atoms with Gasteiger partial charge in [0, 0.05) is 6.42 Å². The van der Waals surface area contributed by atoms with E-state index in [1.807, 2.05) is 6.07 Å². The third kappa shape index (κ3) is 1.83. The molecule has 5 heteroatoms. The molecule has 0 bridgehead atoms. The van der Waals surface area contributed by atoms with Gasteiger partial charge in [-0.2, -0.15) is 5.26 Å². The van der Waals surface area contributed by atoms with Crippen molar-refractivity contribution < 1.29 is 9.59 Å². The molecule has 0 saturated carbocycles. The van der Waals surface area contributed by atoms with E-state index in [0.717, 1.165) is 0 Å². The van der Waals surface area contributed by atoms with E-state index in [1.54, 1.807) is 0 Å². The van der Waals surface area contributed by atoms with E-state index in [0.29, 0.717) is 12.8 Å². The maximum Gasteiger partial charge on any atom is 0.326 e. The van der Waals surface area contributed by atoms with Crippen molar-refractivity contribution in [2.75, 3.05) is 0 Å². The predicted molar refractivity (Wildman–Crippen MR) is 39.6 cm³/mol. The molecule has 1 fully saturated rings. The summed E-state index contributed by atoms with van der Waals surface area (Å²) in [6.07, 6.45) is 2.34. The molecule has 0 aromatic carbocycles. The first kappa shape index (κ1) is 8.27. The molecule has 0 spiro atoms. The van der Waals surface area contributed by atoms with Crippen molar-refractivity contribution in [2.45, 2.75) is 12.8 Å². The third-order valence-corrected chi connectivity index (χ3v) is 1.32. The summed E-state index contributed by atoms with van der Waals surface area (Å²) in [5.41, 5.74) is 0.232. The lowest BCUT2D eigenvalue weighted by Gasteiger charge is -1.89. The molecule has 1 heterocycles. The standard InChI is InChI=1S/C7H7N3O2/c8-4-2-1-3-5-6(11)10-7(12)9-5/h3H,1-2H2,(H2,9,10,11,12)/b5-3+. The van der Waals surface area contributed by atoms with Crippen LogP contribution in [0.3, 0.4) is 0 Å². The van der Waals surface area contributed by atoms with Gasteiger partial charge in [-0.05, 0) is 6.42 Å². The van der Waals surface area contributed by atoms with E-state index in [-0.39, 0.29) is 5.70 Å². The Morgan fingerprint density at radius 3 is 2.67 bits per heavy atom. The highest BCUT2D eigenvalue weighted by Gasteiger charge is 2.21. The van der Waals surface area contributed by atoms with Gasteiger partial charge in [-0.15, -0.1) is 0 Å². The number of nitrogens with zero attached hydrogens (tertiary/aromatic N) is 1. The lowest BCUT2D eigenvalue weighted by atomic mass is 10.3. The minimum atomic E-state index is -0.511. The number of imide groups is 1. The van der Waals surface area contributed by atoms with E-state index in [9.17, 15) is 9.59 Å². The van der Waals surface area contributed by atoms with Gasteiger partial charge in [-0.25, -0.2) is 4.79 Å². The van der Waals surface area contributed by atoms with Gasteiger partial charge in [-0.1, -0.05) is 6.08 Å². The second-order valence-electron chi connectivity index (χ2n) is 2.22. The van der Waals surface area contributed by atoms with Crippen molar-refractivity contribution in [3.05, 3.63) is 11.8 Å². The van der Waals surface area contributed by atoms with Crippen LogP contribution in [-0.2, 0) is 4.79 Å². The zero-order valence-corrected chi connectivity index (χ0v) is 6.26. The van der Waals surface area contributed by atoms with E-state index in [1.165, 1.54) is 6.08 Å². The zero-order chi connectivity index (χ0) is 8.97. The fourth-order valence-corrected chi connectivity index (χ4v) is 0.806. The van der Waals surface area contributed by atoms with E-state index in [2.05, 4.69) is 10.6 Å². The van der Waals surface area contributed by atoms with Gasteiger partial charge >= 0.3 is 6.03 Å². The van der Waals surface area contributed by atoms with Crippen LogP contribution in [-0.4, -0.2) is 11.9 Å². The highest BCUT2D eigenvalue weighted by molar-refractivity contribution is 6.11. The van der Waals surface area contributed by atoms with E-state index in [4.69, 9.17) is 5.26 Å². The van der Waals surface area contributed by atoms with Gasteiger partial charge in [0.15, 0.2) is 0 Å². The first-order chi connectivity index (χ1) is 5.74. The average molecular weight is 165 g/mol. The number of carbonyl (C=O) groups is 2. The lowest BCUT2D eigenvalue weighted by molar-refractivity contribution is -0.115. The second-order valence-corrected chi connectivity index (χ2v) is 2.22. The van der Waals surface area contributed by atoms with Crippen LogP contribution in [0, 0.1) is 11.3 Å². The summed E-state index contributed by atoms with van der Waals surface area (Å²) in [7, 11) is 0. The quantitative estimate of drug-likeness (QED) is 0.343. The van der Waals surface area contributed by atoms with Crippen molar-refractivity contribution in [2.24, 2.45) is 0 Å². The van der Waals surface area contributed by atoms with Crippen LogP contribution in [0.4, 0.5) is 4.79 Å². The Kier molecular flexibility index (Phi) is 2.43.